The van der Waals surface area contributed by atoms with E-state index in [1.54, 1.807) is 6.92 Å². The summed E-state index contributed by atoms with van der Waals surface area (Å²) in [5.74, 6) is 5.37. The van der Waals surface area contributed by atoms with Gasteiger partial charge in [0, 0.05) is 5.69 Å². The fraction of sp³-hybridized carbons (Fsp3) is 0.143. The Morgan fingerprint density at radius 1 is 1.00 bits per heavy atom. The van der Waals surface area contributed by atoms with Gasteiger partial charge in [0.25, 0.3) is 0 Å². The fourth-order valence-electron chi connectivity index (χ4n) is 1.84. The van der Waals surface area contributed by atoms with Crippen LogP contribution in [0.15, 0.2) is 54.6 Å². The second kappa shape index (κ2) is 4.57. The Balaban J connectivity index is 2.44. The fourth-order valence-corrected chi connectivity index (χ4v) is 1.84. The van der Waals surface area contributed by atoms with E-state index in [0.717, 1.165) is 16.8 Å². The molecule has 17 heavy (non-hydrogen) atoms. The van der Waals surface area contributed by atoms with Gasteiger partial charge in [0.05, 0.1) is 0 Å². The van der Waals surface area contributed by atoms with Crippen molar-refractivity contribution in [3.63, 3.8) is 0 Å². The van der Waals surface area contributed by atoms with Gasteiger partial charge in [-0.2, -0.15) is 0 Å². The van der Waals surface area contributed by atoms with E-state index in [1.165, 1.54) is 0 Å². The normalized spacial score (nSPS) is 14.1. The lowest BCUT2D eigenvalue weighted by molar-refractivity contribution is 0.102. The molecular formula is C14H16N2O. The molecule has 1 unspecified atom stereocenters. The lowest BCUT2D eigenvalue weighted by Crippen LogP contribution is -2.23. The zero-order valence-electron chi connectivity index (χ0n) is 9.72. The van der Waals surface area contributed by atoms with Crippen molar-refractivity contribution in [2.45, 2.75) is 12.5 Å². The third kappa shape index (κ3) is 2.30. The molecule has 0 heterocycles. The first kappa shape index (κ1) is 11.6. The molecule has 0 aliphatic carbocycles. The van der Waals surface area contributed by atoms with Gasteiger partial charge >= 0.3 is 0 Å². The smallest absolute Gasteiger partial charge is 0.112 e. The van der Waals surface area contributed by atoms with Gasteiger partial charge in [0.2, 0.25) is 0 Å². The number of hydrogen-bond donors (Lipinski definition) is 3. The molecule has 4 N–H and O–H groups in total. The SMILES string of the molecule is CC(O)(c1ccccc1)c1cccc(NN)c1. The maximum atomic E-state index is 10.6. The van der Waals surface area contributed by atoms with Gasteiger partial charge in [-0.1, -0.05) is 42.5 Å². The highest BCUT2D eigenvalue weighted by Crippen LogP contribution is 2.30. The number of hydrazine groups is 1. The van der Waals surface area contributed by atoms with E-state index in [0.29, 0.717) is 0 Å². The predicted octanol–water partition coefficient (Wildman–Crippen LogP) is 2.23. The van der Waals surface area contributed by atoms with E-state index in [2.05, 4.69) is 5.43 Å². The molecule has 3 nitrogen and oxygen atoms in total. The molecule has 0 saturated carbocycles. The number of nitrogen functional groups attached to an aromatic ring is 1. The highest BCUT2D eigenvalue weighted by Gasteiger charge is 2.25. The third-order valence-corrected chi connectivity index (χ3v) is 2.93. The minimum Gasteiger partial charge on any atom is -0.381 e. The monoisotopic (exact) mass is 228 g/mol. The van der Waals surface area contributed by atoms with Crippen molar-refractivity contribution in [3.05, 3.63) is 65.7 Å². The van der Waals surface area contributed by atoms with E-state index >= 15 is 0 Å². The van der Waals surface area contributed by atoms with Crippen molar-refractivity contribution in [1.29, 1.82) is 0 Å². The summed E-state index contributed by atoms with van der Waals surface area (Å²) in [5.41, 5.74) is 4.00. The molecule has 2 aromatic carbocycles. The Labute approximate surface area is 101 Å². The van der Waals surface area contributed by atoms with Gasteiger partial charge in [0.15, 0.2) is 0 Å². The first-order valence-electron chi connectivity index (χ1n) is 5.49. The molecule has 0 aliphatic heterocycles. The van der Waals surface area contributed by atoms with E-state index in [1.807, 2.05) is 54.6 Å². The number of anilines is 1. The van der Waals surface area contributed by atoms with Crippen LogP contribution >= 0.6 is 0 Å². The standard InChI is InChI=1S/C14H16N2O/c1-14(17,11-6-3-2-4-7-11)12-8-5-9-13(10-12)16-15/h2-10,16-17H,15H2,1H3. The number of hydrogen-bond acceptors (Lipinski definition) is 3. The minimum atomic E-state index is -1.02. The van der Waals surface area contributed by atoms with E-state index < -0.39 is 5.60 Å². The van der Waals surface area contributed by atoms with Crippen LogP contribution in [0.2, 0.25) is 0 Å². The summed E-state index contributed by atoms with van der Waals surface area (Å²) in [5, 5.41) is 10.6. The molecular weight excluding hydrogens is 212 g/mol. The van der Waals surface area contributed by atoms with E-state index in [4.69, 9.17) is 5.84 Å². The third-order valence-electron chi connectivity index (χ3n) is 2.93. The molecule has 0 spiro atoms. The maximum Gasteiger partial charge on any atom is 0.112 e. The summed E-state index contributed by atoms with van der Waals surface area (Å²) >= 11 is 0. The van der Waals surface area contributed by atoms with Crippen molar-refractivity contribution in [2.24, 2.45) is 5.84 Å². The van der Waals surface area contributed by atoms with Crippen molar-refractivity contribution >= 4 is 5.69 Å². The summed E-state index contributed by atoms with van der Waals surface area (Å²) in [6.07, 6.45) is 0. The summed E-state index contributed by atoms with van der Waals surface area (Å²) < 4.78 is 0. The highest BCUT2D eigenvalue weighted by molar-refractivity contribution is 5.48. The van der Waals surface area contributed by atoms with Gasteiger partial charge in [-0.05, 0) is 30.2 Å². The summed E-state index contributed by atoms with van der Waals surface area (Å²) in [4.78, 5) is 0. The van der Waals surface area contributed by atoms with Gasteiger partial charge in [0.1, 0.15) is 5.60 Å². The Bertz CT molecular complexity index is 495. The molecule has 0 amide bonds. The van der Waals surface area contributed by atoms with Gasteiger partial charge in [-0.15, -0.1) is 0 Å². The number of nitrogens with one attached hydrogen (secondary N) is 1. The van der Waals surface area contributed by atoms with Crippen LogP contribution in [0.4, 0.5) is 5.69 Å². The Morgan fingerprint density at radius 3 is 2.29 bits per heavy atom. The molecule has 3 heteroatoms. The second-order valence-electron chi connectivity index (χ2n) is 4.16. The largest absolute Gasteiger partial charge is 0.381 e. The van der Waals surface area contributed by atoms with Gasteiger partial charge in [-0.25, -0.2) is 0 Å². The van der Waals surface area contributed by atoms with Crippen LogP contribution in [0.25, 0.3) is 0 Å². The van der Waals surface area contributed by atoms with E-state index in [9.17, 15) is 5.11 Å². The first-order valence-corrected chi connectivity index (χ1v) is 5.49. The Morgan fingerprint density at radius 2 is 1.65 bits per heavy atom. The van der Waals surface area contributed by atoms with Gasteiger partial charge < -0.3 is 10.5 Å². The molecule has 0 aliphatic rings. The summed E-state index contributed by atoms with van der Waals surface area (Å²) in [7, 11) is 0. The predicted molar refractivity (Wildman–Crippen MR) is 69.4 cm³/mol. The Kier molecular flexibility index (Phi) is 3.13. The average molecular weight is 228 g/mol. The van der Waals surface area contributed by atoms with Crippen molar-refractivity contribution in [1.82, 2.24) is 0 Å². The number of aliphatic hydroxyl groups is 1. The lowest BCUT2D eigenvalue weighted by Gasteiger charge is -2.25. The van der Waals surface area contributed by atoms with Crippen LogP contribution in [-0.4, -0.2) is 5.11 Å². The lowest BCUT2D eigenvalue weighted by atomic mass is 9.88. The molecule has 0 radical (unpaired) electrons. The maximum absolute atomic E-state index is 10.6. The zero-order chi connectivity index (χ0) is 12.3. The molecule has 0 bridgehead atoms. The number of benzene rings is 2. The summed E-state index contributed by atoms with van der Waals surface area (Å²) in [6.45, 7) is 1.78. The van der Waals surface area contributed by atoms with Crippen LogP contribution in [0.1, 0.15) is 18.1 Å². The average Bonchev–Trinajstić information content (AvgIpc) is 2.40. The van der Waals surface area contributed by atoms with Crippen molar-refractivity contribution in [3.8, 4) is 0 Å². The van der Waals surface area contributed by atoms with Crippen LogP contribution in [0, 0.1) is 0 Å². The zero-order valence-corrected chi connectivity index (χ0v) is 9.72. The van der Waals surface area contributed by atoms with Crippen LogP contribution < -0.4 is 11.3 Å². The van der Waals surface area contributed by atoms with Crippen LogP contribution in [-0.2, 0) is 5.60 Å². The molecule has 0 aromatic heterocycles. The second-order valence-corrected chi connectivity index (χ2v) is 4.16. The molecule has 1 atom stereocenters. The minimum absolute atomic E-state index is 0.777. The quantitative estimate of drug-likeness (QED) is 0.557. The molecule has 2 rings (SSSR count). The summed E-state index contributed by atoms with van der Waals surface area (Å²) in [6, 6.07) is 17.0. The number of rotatable bonds is 3. The molecule has 88 valence electrons. The van der Waals surface area contributed by atoms with Gasteiger partial charge in [-0.3, -0.25) is 5.84 Å². The topological polar surface area (TPSA) is 58.3 Å². The van der Waals surface area contributed by atoms with Crippen LogP contribution in [0.3, 0.4) is 0 Å². The number of nitrogens with two attached hydrogens (primary N) is 1. The molecule has 0 saturated heterocycles. The molecule has 0 fully saturated rings. The van der Waals surface area contributed by atoms with Crippen LogP contribution in [0.5, 0.6) is 0 Å². The molecule has 2 aromatic rings. The Hall–Kier alpha value is -1.84. The first-order chi connectivity index (χ1) is 8.14. The highest BCUT2D eigenvalue weighted by atomic mass is 16.3. The van der Waals surface area contributed by atoms with E-state index in [-0.39, 0.29) is 0 Å². The van der Waals surface area contributed by atoms with Crippen molar-refractivity contribution in [2.75, 3.05) is 5.43 Å². The van der Waals surface area contributed by atoms with Crippen molar-refractivity contribution < 1.29 is 5.11 Å².